The molecular formula is C13H16ClNO3. The molecule has 0 aliphatic rings. The zero-order valence-corrected chi connectivity index (χ0v) is 10.9. The molecule has 0 heterocycles. The highest BCUT2D eigenvalue weighted by Crippen LogP contribution is 2.19. The smallest absolute Gasteiger partial charge is 0.303 e. The Morgan fingerprint density at radius 2 is 2.17 bits per heavy atom. The van der Waals surface area contributed by atoms with E-state index in [4.69, 9.17) is 16.7 Å². The Bertz CT molecular complexity index is 434. The molecule has 1 aromatic rings. The molecule has 0 saturated heterocycles. The molecular weight excluding hydrogens is 254 g/mol. The van der Waals surface area contributed by atoms with Crippen LogP contribution in [0.3, 0.4) is 0 Å². The average Bonchev–Trinajstić information content (AvgIpc) is 2.33. The number of carbonyl (C=O) groups is 2. The first-order valence-corrected chi connectivity index (χ1v) is 6.13. The topological polar surface area (TPSA) is 66.4 Å². The Morgan fingerprint density at radius 1 is 1.44 bits per heavy atom. The molecule has 98 valence electrons. The van der Waals surface area contributed by atoms with E-state index in [1.807, 2.05) is 6.07 Å². The fourth-order valence-electron chi connectivity index (χ4n) is 1.53. The van der Waals surface area contributed by atoms with Gasteiger partial charge in [-0.3, -0.25) is 9.59 Å². The number of hydrogen-bond donors (Lipinski definition) is 2. The SMILES string of the molecule is CC(C(=O)NCCCC(=O)O)c1cccc(Cl)c1. The van der Waals surface area contributed by atoms with Crippen molar-refractivity contribution in [3.05, 3.63) is 34.9 Å². The molecule has 0 aliphatic carbocycles. The number of carbonyl (C=O) groups excluding carboxylic acids is 1. The standard InChI is InChI=1S/C13H16ClNO3/c1-9(10-4-2-5-11(14)8-10)13(18)15-7-3-6-12(16)17/h2,4-5,8-9H,3,6-7H2,1H3,(H,15,18)(H,16,17). The van der Waals surface area contributed by atoms with Crippen molar-refractivity contribution >= 4 is 23.5 Å². The Balaban J connectivity index is 2.44. The molecule has 1 amide bonds. The molecule has 0 fully saturated rings. The third-order valence-corrected chi connectivity index (χ3v) is 2.84. The Labute approximate surface area is 111 Å². The maximum absolute atomic E-state index is 11.8. The number of hydrogen-bond acceptors (Lipinski definition) is 2. The van der Waals surface area contributed by atoms with Crippen LogP contribution in [0.1, 0.15) is 31.2 Å². The summed E-state index contributed by atoms with van der Waals surface area (Å²) in [6.45, 7) is 2.16. The second kappa shape index (κ2) is 7.01. The van der Waals surface area contributed by atoms with Crippen molar-refractivity contribution in [1.82, 2.24) is 5.32 Å². The third-order valence-electron chi connectivity index (χ3n) is 2.61. The van der Waals surface area contributed by atoms with E-state index in [1.165, 1.54) is 0 Å². The number of carboxylic acids is 1. The molecule has 0 bridgehead atoms. The van der Waals surface area contributed by atoms with Crippen LogP contribution in [-0.4, -0.2) is 23.5 Å². The summed E-state index contributed by atoms with van der Waals surface area (Å²) in [6, 6.07) is 7.14. The fourth-order valence-corrected chi connectivity index (χ4v) is 1.73. The fraction of sp³-hybridized carbons (Fsp3) is 0.385. The molecule has 2 N–H and O–H groups in total. The first-order valence-electron chi connectivity index (χ1n) is 5.75. The van der Waals surface area contributed by atoms with Crippen molar-refractivity contribution in [2.24, 2.45) is 0 Å². The van der Waals surface area contributed by atoms with Crippen LogP contribution in [0.5, 0.6) is 0 Å². The first-order chi connectivity index (χ1) is 8.50. The van der Waals surface area contributed by atoms with Crippen molar-refractivity contribution < 1.29 is 14.7 Å². The van der Waals surface area contributed by atoms with Crippen LogP contribution < -0.4 is 5.32 Å². The summed E-state index contributed by atoms with van der Waals surface area (Å²) >= 11 is 5.86. The highest BCUT2D eigenvalue weighted by Gasteiger charge is 2.14. The van der Waals surface area contributed by atoms with E-state index in [0.29, 0.717) is 18.0 Å². The minimum Gasteiger partial charge on any atom is -0.481 e. The predicted molar refractivity (Wildman–Crippen MR) is 69.7 cm³/mol. The molecule has 18 heavy (non-hydrogen) atoms. The minimum atomic E-state index is -0.855. The van der Waals surface area contributed by atoms with Crippen molar-refractivity contribution in [3.63, 3.8) is 0 Å². The van der Waals surface area contributed by atoms with Gasteiger partial charge in [-0.2, -0.15) is 0 Å². The van der Waals surface area contributed by atoms with Crippen molar-refractivity contribution in [1.29, 1.82) is 0 Å². The lowest BCUT2D eigenvalue weighted by molar-refractivity contribution is -0.137. The van der Waals surface area contributed by atoms with Crippen LogP contribution >= 0.6 is 11.6 Å². The van der Waals surface area contributed by atoms with Crippen LogP contribution in [0.25, 0.3) is 0 Å². The molecule has 1 rings (SSSR count). The lowest BCUT2D eigenvalue weighted by Crippen LogP contribution is -2.29. The summed E-state index contributed by atoms with van der Waals surface area (Å²) in [5.41, 5.74) is 0.846. The van der Waals surface area contributed by atoms with Gasteiger partial charge in [0.1, 0.15) is 0 Å². The van der Waals surface area contributed by atoms with Gasteiger partial charge >= 0.3 is 5.97 Å². The minimum absolute atomic E-state index is 0.0613. The highest BCUT2D eigenvalue weighted by atomic mass is 35.5. The maximum atomic E-state index is 11.8. The molecule has 0 aliphatic heterocycles. The first kappa shape index (κ1) is 14.5. The molecule has 0 radical (unpaired) electrons. The molecule has 1 atom stereocenters. The van der Waals surface area contributed by atoms with Crippen LogP contribution in [0.2, 0.25) is 5.02 Å². The summed E-state index contributed by atoms with van der Waals surface area (Å²) in [7, 11) is 0. The van der Waals surface area contributed by atoms with Gasteiger partial charge in [0.25, 0.3) is 0 Å². The second-order valence-electron chi connectivity index (χ2n) is 4.07. The summed E-state index contributed by atoms with van der Waals surface area (Å²) in [4.78, 5) is 22.1. The maximum Gasteiger partial charge on any atom is 0.303 e. The van der Waals surface area contributed by atoms with Crippen LogP contribution in [0, 0.1) is 0 Å². The number of carboxylic acid groups (broad SMARTS) is 1. The third kappa shape index (κ3) is 4.75. The van der Waals surface area contributed by atoms with Gasteiger partial charge < -0.3 is 10.4 Å². The van der Waals surface area contributed by atoms with Gasteiger partial charge in [-0.25, -0.2) is 0 Å². The molecule has 1 unspecified atom stereocenters. The largest absolute Gasteiger partial charge is 0.481 e. The van der Waals surface area contributed by atoms with Gasteiger partial charge in [0.2, 0.25) is 5.91 Å². The molecule has 5 heteroatoms. The van der Waals surface area contributed by atoms with E-state index in [9.17, 15) is 9.59 Å². The van der Waals surface area contributed by atoms with E-state index >= 15 is 0 Å². The average molecular weight is 270 g/mol. The number of benzene rings is 1. The zero-order chi connectivity index (χ0) is 13.5. The predicted octanol–water partition coefficient (Wildman–Crippen LogP) is 2.42. The normalized spacial score (nSPS) is 11.9. The van der Waals surface area contributed by atoms with E-state index in [0.717, 1.165) is 5.56 Å². The lowest BCUT2D eigenvalue weighted by atomic mass is 10.0. The van der Waals surface area contributed by atoms with Crippen LogP contribution in [-0.2, 0) is 9.59 Å². The van der Waals surface area contributed by atoms with Crippen molar-refractivity contribution in [2.45, 2.75) is 25.7 Å². The van der Waals surface area contributed by atoms with Gasteiger partial charge in [0, 0.05) is 18.0 Å². The number of rotatable bonds is 6. The number of amides is 1. The number of nitrogens with one attached hydrogen (secondary N) is 1. The van der Waals surface area contributed by atoms with E-state index in [2.05, 4.69) is 5.32 Å². The van der Waals surface area contributed by atoms with E-state index < -0.39 is 5.97 Å². The van der Waals surface area contributed by atoms with Gasteiger partial charge in [-0.1, -0.05) is 23.7 Å². The second-order valence-corrected chi connectivity index (χ2v) is 4.50. The molecule has 0 spiro atoms. The van der Waals surface area contributed by atoms with Gasteiger partial charge in [0.05, 0.1) is 5.92 Å². The Kier molecular flexibility index (Phi) is 5.65. The van der Waals surface area contributed by atoms with E-state index in [-0.39, 0.29) is 18.2 Å². The lowest BCUT2D eigenvalue weighted by Gasteiger charge is -2.12. The molecule has 0 saturated carbocycles. The molecule has 0 aromatic heterocycles. The quantitative estimate of drug-likeness (QED) is 0.780. The van der Waals surface area contributed by atoms with Crippen LogP contribution in [0.15, 0.2) is 24.3 Å². The van der Waals surface area contributed by atoms with Crippen molar-refractivity contribution in [3.8, 4) is 0 Å². The van der Waals surface area contributed by atoms with Crippen LogP contribution in [0.4, 0.5) is 0 Å². The Morgan fingerprint density at radius 3 is 2.78 bits per heavy atom. The summed E-state index contributed by atoms with van der Waals surface area (Å²) < 4.78 is 0. The number of halogens is 1. The van der Waals surface area contributed by atoms with Gasteiger partial charge in [0.15, 0.2) is 0 Å². The zero-order valence-electron chi connectivity index (χ0n) is 10.1. The van der Waals surface area contributed by atoms with Gasteiger partial charge in [-0.05, 0) is 31.0 Å². The van der Waals surface area contributed by atoms with Crippen molar-refractivity contribution in [2.75, 3.05) is 6.54 Å². The van der Waals surface area contributed by atoms with E-state index in [1.54, 1.807) is 25.1 Å². The molecule has 4 nitrogen and oxygen atoms in total. The number of aliphatic carboxylic acids is 1. The highest BCUT2D eigenvalue weighted by molar-refractivity contribution is 6.30. The molecule has 1 aromatic carbocycles. The monoisotopic (exact) mass is 269 g/mol. The Hall–Kier alpha value is -1.55. The van der Waals surface area contributed by atoms with Gasteiger partial charge in [-0.15, -0.1) is 0 Å². The summed E-state index contributed by atoms with van der Waals surface area (Å²) in [6.07, 6.45) is 0.495. The summed E-state index contributed by atoms with van der Waals surface area (Å²) in [5, 5.41) is 11.8. The summed E-state index contributed by atoms with van der Waals surface area (Å²) in [5.74, 6) is -1.27.